The highest BCUT2D eigenvalue weighted by molar-refractivity contribution is 5.94. The molecule has 1 fully saturated rings. The number of carbonyl (C=O) groups is 1. The molecule has 0 spiro atoms. The molecule has 1 aromatic rings. The number of carbonyl (C=O) groups excluding carboxylic acids is 1. The Morgan fingerprint density at radius 1 is 1.53 bits per heavy atom. The van der Waals surface area contributed by atoms with Crippen LogP contribution in [0.3, 0.4) is 0 Å². The largest absolute Gasteiger partial charge is 0.497 e. The number of rotatable bonds is 4. The zero-order valence-electron chi connectivity index (χ0n) is 11.0. The van der Waals surface area contributed by atoms with Crippen LogP contribution in [0.5, 0.6) is 5.75 Å². The highest BCUT2D eigenvalue weighted by Crippen LogP contribution is 2.16. The Morgan fingerprint density at radius 2 is 2.37 bits per heavy atom. The number of hydrogen-bond donors (Lipinski definition) is 2. The molecule has 2 rings (SSSR count). The average molecular weight is 266 g/mol. The number of halogens is 1. The molecular formula is C14H19FN2O2. The summed E-state index contributed by atoms with van der Waals surface area (Å²) in [6.45, 7) is 1.52. The Hall–Kier alpha value is -1.62. The first-order chi connectivity index (χ1) is 9.20. The molecule has 1 heterocycles. The van der Waals surface area contributed by atoms with Gasteiger partial charge < -0.3 is 15.4 Å². The summed E-state index contributed by atoms with van der Waals surface area (Å²) in [5.41, 5.74) is 0.0524. The van der Waals surface area contributed by atoms with Crippen LogP contribution in [0.1, 0.15) is 29.6 Å². The first kappa shape index (κ1) is 13.8. The van der Waals surface area contributed by atoms with E-state index < -0.39 is 5.82 Å². The smallest absolute Gasteiger partial charge is 0.254 e. The molecule has 1 aromatic carbocycles. The SMILES string of the molecule is COc1ccc(C(=O)NCC2CCCCN2)c(F)c1. The van der Waals surface area contributed by atoms with E-state index in [-0.39, 0.29) is 11.5 Å². The lowest BCUT2D eigenvalue weighted by Gasteiger charge is -2.23. The molecule has 0 aliphatic carbocycles. The molecular weight excluding hydrogens is 247 g/mol. The minimum atomic E-state index is -0.562. The van der Waals surface area contributed by atoms with Gasteiger partial charge in [-0.05, 0) is 31.5 Å². The Bertz CT molecular complexity index is 445. The van der Waals surface area contributed by atoms with Gasteiger partial charge in [0, 0.05) is 18.7 Å². The minimum absolute atomic E-state index is 0.0524. The van der Waals surface area contributed by atoms with Crippen molar-refractivity contribution in [1.29, 1.82) is 0 Å². The second kappa shape index (κ2) is 6.52. The number of methoxy groups -OCH3 is 1. The van der Waals surface area contributed by atoms with Gasteiger partial charge in [0.05, 0.1) is 12.7 Å². The number of ether oxygens (including phenoxy) is 1. The summed E-state index contributed by atoms with van der Waals surface area (Å²) in [5.74, 6) is -0.538. The number of piperidine rings is 1. The van der Waals surface area contributed by atoms with Crippen LogP contribution in [0, 0.1) is 5.82 Å². The van der Waals surface area contributed by atoms with E-state index in [4.69, 9.17) is 4.74 Å². The van der Waals surface area contributed by atoms with Gasteiger partial charge in [0.2, 0.25) is 0 Å². The molecule has 0 radical (unpaired) electrons. The molecule has 2 N–H and O–H groups in total. The topological polar surface area (TPSA) is 50.4 Å². The average Bonchev–Trinajstić information content (AvgIpc) is 2.45. The summed E-state index contributed by atoms with van der Waals surface area (Å²) >= 11 is 0. The fourth-order valence-electron chi connectivity index (χ4n) is 2.22. The van der Waals surface area contributed by atoms with Crippen molar-refractivity contribution in [3.8, 4) is 5.75 Å². The van der Waals surface area contributed by atoms with E-state index in [9.17, 15) is 9.18 Å². The third kappa shape index (κ3) is 3.67. The lowest BCUT2D eigenvalue weighted by molar-refractivity contribution is 0.0943. The lowest BCUT2D eigenvalue weighted by Crippen LogP contribution is -2.43. The van der Waals surface area contributed by atoms with Crippen molar-refractivity contribution in [2.45, 2.75) is 25.3 Å². The predicted octanol–water partition coefficient (Wildman–Crippen LogP) is 1.71. The molecule has 1 aliphatic rings. The third-order valence-corrected chi connectivity index (χ3v) is 3.34. The summed E-state index contributed by atoms with van der Waals surface area (Å²) in [6.07, 6.45) is 3.40. The Kier molecular flexibility index (Phi) is 4.74. The molecule has 1 aliphatic heterocycles. The highest BCUT2D eigenvalue weighted by Gasteiger charge is 2.16. The molecule has 19 heavy (non-hydrogen) atoms. The van der Waals surface area contributed by atoms with Crippen LogP contribution in [0.4, 0.5) is 4.39 Å². The third-order valence-electron chi connectivity index (χ3n) is 3.34. The van der Waals surface area contributed by atoms with Crippen LogP contribution < -0.4 is 15.4 Å². The van der Waals surface area contributed by atoms with Crippen LogP contribution in [0.25, 0.3) is 0 Å². The van der Waals surface area contributed by atoms with E-state index in [1.165, 1.54) is 32.1 Å². The van der Waals surface area contributed by atoms with E-state index in [0.717, 1.165) is 13.0 Å². The molecule has 4 nitrogen and oxygen atoms in total. The van der Waals surface area contributed by atoms with Gasteiger partial charge in [-0.3, -0.25) is 4.79 Å². The maximum atomic E-state index is 13.7. The molecule has 5 heteroatoms. The van der Waals surface area contributed by atoms with Gasteiger partial charge >= 0.3 is 0 Å². The molecule has 1 unspecified atom stereocenters. The maximum absolute atomic E-state index is 13.7. The van der Waals surface area contributed by atoms with Gasteiger partial charge in [0.15, 0.2) is 0 Å². The Labute approximate surface area is 112 Å². The summed E-state index contributed by atoms with van der Waals surface area (Å²) in [7, 11) is 1.46. The van der Waals surface area contributed by atoms with Crippen molar-refractivity contribution >= 4 is 5.91 Å². The first-order valence-electron chi connectivity index (χ1n) is 6.56. The maximum Gasteiger partial charge on any atom is 0.254 e. The van der Waals surface area contributed by atoms with Gasteiger partial charge in [-0.15, -0.1) is 0 Å². The van der Waals surface area contributed by atoms with Crippen molar-refractivity contribution < 1.29 is 13.9 Å². The summed E-state index contributed by atoms with van der Waals surface area (Å²) in [6, 6.07) is 4.53. The number of hydrogen-bond acceptors (Lipinski definition) is 3. The van der Waals surface area contributed by atoms with E-state index in [0.29, 0.717) is 18.3 Å². The van der Waals surface area contributed by atoms with Crippen molar-refractivity contribution in [2.24, 2.45) is 0 Å². The van der Waals surface area contributed by atoms with E-state index >= 15 is 0 Å². The zero-order valence-corrected chi connectivity index (χ0v) is 11.0. The van der Waals surface area contributed by atoms with E-state index in [2.05, 4.69) is 10.6 Å². The molecule has 104 valence electrons. The van der Waals surface area contributed by atoms with Crippen LogP contribution in [-0.4, -0.2) is 32.1 Å². The van der Waals surface area contributed by atoms with Crippen molar-refractivity contribution in [3.05, 3.63) is 29.6 Å². The van der Waals surface area contributed by atoms with Crippen LogP contribution in [0.15, 0.2) is 18.2 Å². The monoisotopic (exact) mass is 266 g/mol. The van der Waals surface area contributed by atoms with Gasteiger partial charge in [0.25, 0.3) is 5.91 Å². The minimum Gasteiger partial charge on any atom is -0.497 e. The van der Waals surface area contributed by atoms with Crippen molar-refractivity contribution in [1.82, 2.24) is 10.6 Å². The van der Waals surface area contributed by atoms with Crippen LogP contribution >= 0.6 is 0 Å². The first-order valence-corrected chi connectivity index (χ1v) is 6.56. The van der Waals surface area contributed by atoms with Crippen LogP contribution in [0.2, 0.25) is 0 Å². The van der Waals surface area contributed by atoms with Crippen molar-refractivity contribution in [2.75, 3.05) is 20.2 Å². The summed E-state index contributed by atoms with van der Waals surface area (Å²) in [4.78, 5) is 11.9. The molecule has 0 saturated carbocycles. The standard InChI is InChI=1S/C14H19FN2O2/c1-19-11-5-6-12(13(15)8-11)14(18)17-9-10-4-2-3-7-16-10/h5-6,8,10,16H,2-4,7,9H2,1H3,(H,17,18). The number of amides is 1. The highest BCUT2D eigenvalue weighted by atomic mass is 19.1. The van der Waals surface area contributed by atoms with Crippen molar-refractivity contribution in [3.63, 3.8) is 0 Å². The Morgan fingerprint density at radius 3 is 3.00 bits per heavy atom. The molecule has 1 atom stereocenters. The molecule has 0 aromatic heterocycles. The molecule has 1 amide bonds. The Balaban J connectivity index is 1.92. The normalized spacial score (nSPS) is 18.9. The quantitative estimate of drug-likeness (QED) is 0.872. The van der Waals surface area contributed by atoms with Crippen LogP contribution in [-0.2, 0) is 0 Å². The summed E-state index contributed by atoms with van der Waals surface area (Å²) in [5, 5.41) is 6.10. The van der Waals surface area contributed by atoms with Gasteiger partial charge in [-0.25, -0.2) is 4.39 Å². The van der Waals surface area contributed by atoms with E-state index in [1.807, 2.05) is 0 Å². The van der Waals surface area contributed by atoms with E-state index in [1.54, 1.807) is 6.07 Å². The number of benzene rings is 1. The van der Waals surface area contributed by atoms with Gasteiger partial charge in [-0.2, -0.15) is 0 Å². The number of nitrogens with one attached hydrogen (secondary N) is 2. The molecule has 1 saturated heterocycles. The summed E-state index contributed by atoms with van der Waals surface area (Å²) < 4.78 is 18.6. The van der Waals surface area contributed by atoms with Gasteiger partial charge in [-0.1, -0.05) is 6.42 Å². The van der Waals surface area contributed by atoms with Gasteiger partial charge in [0.1, 0.15) is 11.6 Å². The fraction of sp³-hybridized carbons (Fsp3) is 0.500. The zero-order chi connectivity index (χ0) is 13.7. The lowest BCUT2D eigenvalue weighted by atomic mass is 10.0. The fourth-order valence-corrected chi connectivity index (χ4v) is 2.22. The predicted molar refractivity (Wildman–Crippen MR) is 70.9 cm³/mol. The molecule has 0 bridgehead atoms. The second-order valence-corrected chi connectivity index (χ2v) is 4.70. The second-order valence-electron chi connectivity index (χ2n) is 4.70.